The largest absolute Gasteiger partial charge is 0.493 e. The van der Waals surface area contributed by atoms with Gasteiger partial charge in [-0.05, 0) is 24.8 Å². The molecule has 0 unspecified atom stereocenters. The summed E-state index contributed by atoms with van der Waals surface area (Å²) in [4.78, 5) is 10.5. The second kappa shape index (κ2) is 6.76. The third-order valence-corrected chi connectivity index (χ3v) is 3.34. The Balaban J connectivity index is 2.07. The van der Waals surface area contributed by atoms with Crippen LogP contribution >= 0.6 is 11.6 Å². The zero-order valence-corrected chi connectivity index (χ0v) is 11.9. The Hall–Kier alpha value is -1.53. The van der Waals surface area contributed by atoms with Crippen molar-refractivity contribution in [3.05, 3.63) is 27.8 Å². The van der Waals surface area contributed by atoms with Crippen molar-refractivity contribution in [1.82, 2.24) is 0 Å². The molecule has 110 valence electrons. The molecule has 0 atom stereocenters. The monoisotopic (exact) mass is 301 g/mol. The first-order valence-electron chi connectivity index (χ1n) is 6.27. The summed E-state index contributed by atoms with van der Waals surface area (Å²) >= 11 is 5.70. The molecule has 6 nitrogen and oxygen atoms in total. The van der Waals surface area contributed by atoms with E-state index in [0.717, 1.165) is 0 Å². The van der Waals surface area contributed by atoms with Gasteiger partial charge in [0.2, 0.25) is 0 Å². The molecule has 0 aromatic heterocycles. The van der Waals surface area contributed by atoms with Crippen molar-refractivity contribution >= 4 is 17.3 Å². The average molecular weight is 302 g/mol. The highest BCUT2D eigenvalue weighted by atomic mass is 35.5. The summed E-state index contributed by atoms with van der Waals surface area (Å²) in [7, 11) is 1.47. The minimum absolute atomic E-state index is 0.0329. The lowest BCUT2D eigenvalue weighted by Gasteiger charge is -2.12. The molecule has 1 aliphatic rings. The van der Waals surface area contributed by atoms with E-state index in [1.165, 1.54) is 32.1 Å². The van der Waals surface area contributed by atoms with Crippen LogP contribution < -0.4 is 9.47 Å². The number of nitrogens with zero attached hydrogens (tertiary/aromatic N) is 1. The molecule has 2 rings (SSSR count). The molecule has 1 aliphatic carbocycles. The molecule has 1 fully saturated rings. The maximum Gasteiger partial charge on any atom is 0.277 e. The van der Waals surface area contributed by atoms with Crippen LogP contribution in [-0.2, 0) is 10.6 Å². The van der Waals surface area contributed by atoms with Crippen molar-refractivity contribution in [2.24, 2.45) is 5.92 Å². The number of ether oxygens (including phenoxy) is 3. The van der Waals surface area contributed by atoms with Crippen LogP contribution in [0.3, 0.4) is 0 Å². The summed E-state index contributed by atoms with van der Waals surface area (Å²) in [6.07, 6.45) is 2.39. The molecule has 1 saturated carbocycles. The zero-order valence-electron chi connectivity index (χ0n) is 11.1. The summed E-state index contributed by atoms with van der Waals surface area (Å²) in [5.41, 5.74) is 0.303. The highest BCUT2D eigenvalue weighted by Gasteiger charge is 2.22. The maximum absolute atomic E-state index is 11.0. The fraction of sp³-hybridized carbons (Fsp3) is 0.538. The van der Waals surface area contributed by atoms with Gasteiger partial charge in [0.25, 0.3) is 5.69 Å². The number of benzene rings is 1. The van der Waals surface area contributed by atoms with E-state index in [1.807, 2.05) is 0 Å². The van der Waals surface area contributed by atoms with Crippen LogP contribution in [0.5, 0.6) is 11.5 Å². The summed E-state index contributed by atoms with van der Waals surface area (Å²) < 4.78 is 15.9. The third kappa shape index (κ3) is 3.74. The Labute approximate surface area is 121 Å². The van der Waals surface area contributed by atoms with Crippen molar-refractivity contribution < 1.29 is 19.1 Å². The molecular formula is C13H16ClNO5. The number of hydrogen-bond donors (Lipinski definition) is 0. The van der Waals surface area contributed by atoms with E-state index >= 15 is 0 Å². The van der Waals surface area contributed by atoms with Crippen LogP contribution in [0.2, 0.25) is 0 Å². The highest BCUT2D eigenvalue weighted by molar-refractivity contribution is 6.17. The number of methoxy groups -OCH3 is 1. The van der Waals surface area contributed by atoms with Crippen molar-refractivity contribution in [2.45, 2.75) is 18.7 Å². The van der Waals surface area contributed by atoms with Gasteiger partial charge in [0.15, 0.2) is 18.3 Å². The van der Waals surface area contributed by atoms with E-state index in [0.29, 0.717) is 23.8 Å². The number of hydrogen-bond acceptors (Lipinski definition) is 5. The minimum Gasteiger partial charge on any atom is -0.493 e. The predicted molar refractivity (Wildman–Crippen MR) is 73.4 cm³/mol. The molecule has 0 spiro atoms. The maximum atomic E-state index is 11.0. The summed E-state index contributed by atoms with van der Waals surface area (Å²) in [6, 6.07) is 2.83. The summed E-state index contributed by atoms with van der Waals surface area (Å²) in [5, 5.41) is 11.0. The topological polar surface area (TPSA) is 70.8 Å². The van der Waals surface area contributed by atoms with Crippen LogP contribution in [0.1, 0.15) is 18.4 Å². The van der Waals surface area contributed by atoms with E-state index < -0.39 is 4.92 Å². The Bertz CT molecular complexity index is 490. The molecule has 0 bridgehead atoms. The first-order chi connectivity index (χ1) is 9.65. The molecule has 1 aromatic carbocycles. The molecule has 0 N–H and O–H groups in total. The Morgan fingerprint density at radius 3 is 2.70 bits per heavy atom. The molecule has 0 saturated heterocycles. The lowest BCUT2D eigenvalue weighted by atomic mass is 10.2. The lowest BCUT2D eigenvalue weighted by molar-refractivity contribution is -0.385. The normalized spacial score (nSPS) is 14.1. The van der Waals surface area contributed by atoms with Gasteiger partial charge in [-0.25, -0.2) is 0 Å². The van der Waals surface area contributed by atoms with E-state index in [9.17, 15) is 10.1 Å². The van der Waals surface area contributed by atoms with Crippen molar-refractivity contribution in [3.63, 3.8) is 0 Å². The zero-order chi connectivity index (χ0) is 14.5. The van der Waals surface area contributed by atoms with Gasteiger partial charge in [-0.15, -0.1) is 11.6 Å². The summed E-state index contributed by atoms with van der Waals surface area (Å²) in [6.45, 7) is 0.703. The molecule has 0 heterocycles. The quantitative estimate of drug-likeness (QED) is 0.242. The van der Waals surface area contributed by atoms with Crippen LogP contribution in [0.4, 0.5) is 5.69 Å². The highest BCUT2D eigenvalue weighted by Crippen LogP contribution is 2.35. The lowest BCUT2D eigenvalue weighted by Crippen LogP contribution is -2.07. The Morgan fingerprint density at radius 1 is 1.40 bits per heavy atom. The van der Waals surface area contributed by atoms with Gasteiger partial charge >= 0.3 is 0 Å². The van der Waals surface area contributed by atoms with E-state index in [4.69, 9.17) is 25.8 Å². The van der Waals surface area contributed by atoms with Crippen molar-refractivity contribution in [2.75, 3.05) is 20.5 Å². The molecule has 0 radical (unpaired) electrons. The number of alkyl halides is 1. The third-order valence-electron chi connectivity index (χ3n) is 3.05. The van der Waals surface area contributed by atoms with Gasteiger partial charge in [-0.1, -0.05) is 0 Å². The van der Waals surface area contributed by atoms with Gasteiger partial charge in [0, 0.05) is 5.56 Å². The van der Waals surface area contributed by atoms with Crippen LogP contribution in [-0.4, -0.2) is 25.4 Å². The molecule has 20 heavy (non-hydrogen) atoms. The molecule has 7 heteroatoms. The van der Waals surface area contributed by atoms with Crippen molar-refractivity contribution in [3.8, 4) is 11.5 Å². The number of nitro benzene ring substituents is 1. The molecule has 1 aromatic rings. The van der Waals surface area contributed by atoms with E-state index in [2.05, 4.69) is 0 Å². The molecule has 0 amide bonds. The number of halogens is 1. The average Bonchev–Trinajstić information content (AvgIpc) is 3.26. The first kappa shape index (κ1) is 14.9. The van der Waals surface area contributed by atoms with E-state index in [-0.39, 0.29) is 24.1 Å². The molecular weight excluding hydrogens is 286 g/mol. The smallest absolute Gasteiger partial charge is 0.277 e. The second-order valence-corrected chi connectivity index (χ2v) is 4.87. The SMILES string of the molecule is COc1cc(CCl)c([N+](=O)[O-])cc1OCOCC1CC1. The van der Waals surface area contributed by atoms with Gasteiger partial charge in [-0.2, -0.15) is 0 Å². The minimum atomic E-state index is -0.491. The fourth-order valence-corrected chi connectivity index (χ4v) is 1.96. The first-order valence-corrected chi connectivity index (χ1v) is 6.81. The standard InChI is InChI=1S/C13H16ClNO5/c1-18-12-4-10(6-14)11(15(16)17)5-13(12)20-8-19-7-9-2-3-9/h4-5,9H,2-3,6-8H2,1H3. The number of rotatable bonds is 8. The summed E-state index contributed by atoms with van der Waals surface area (Å²) in [5.74, 6) is 1.35. The van der Waals surface area contributed by atoms with Crippen LogP contribution in [0.25, 0.3) is 0 Å². The second-order valence-electron chi connectivity index (χ2n) is 4.60. The molecule has 0 aliphatic heterocycles. The number of nitro groups is 1. The Kier molecular flexibility index (Phi) is 5.03. The predicted octanol–water partition coefficient (Wildman–Crippen LogP) is 3.11. The van der Waals surface area contributed by atoms with Gasteiger partial charge in [0.1, 0.15) is 0 Å². The fourth-order valence-electron chi connectivity index (χ4n) is 1.75. The van der Waals surface area contributed by atoms with Gasteiger partial charge in [0.05, 0.1) is 30.6 Å². The van der Waals surface area contributed by atoms with Gasteiger partial charge < -0.3 is 14.2 Å². The van der Waals surface area contributed by atoms with Crippen LogP contribution in [0.15, 0.2) is 12.1 Å². The van der Waals surface area contributed by atoms with Crippen molar-refractivity contribution in [1.29, 1.82) is 0 Å². The van der Waals surface area contributed by atoms with Crippen LogP contribution in [0, 0.1) is 16.0 Å². The Morgan fingerprint density at radius 2 is 2.15 bits per heavy atom. The van der Waals surface area contributed by atoms with E-state index in [1.54, 1.807) is 0 Å². The van der Waals surface area contributed by atoms with Gasteiger partial charge in [-0.3, -0.25) is 10.1 Å².